The molecule has 1 aromatic heterocycles. The van der Waals surface area contributed by atoms with Gasteiger partial charge in [0.2, 0.25) is 0 Å². The number of aromatic nitrogens is 1. The molecule has 0 aliphatic rings. The summed E-state index contributed by atoms with van der Waals surface area (Å²) in [6.07, 6.45) is 1.71. The number of hydrogen-bond acceptors (Lipinski definition) is 2. The molecule has 4 nitrogen and oxygen atoms in total. The number of guanidine groups is 1. The first kappa shape index (κ1) is 9.92. The fraction of sp³-hybridized carbons (Fsp3) is 0. The minimum Gasteiger partial charge on any atom is -0.370 e. The number of halogens is 1. The largest absolute Gasteiger partial charge is 0.370 e. The molecule has 0 aliphatic carbocycles. The zero-order chi connectivity index (χ0) is 10.8. The molecule has 0 unspecified atom stereocenters. The minimum atomic E-state index is 0.0317. The molecule has 0 radical (unpaired) electrons. The highest BCUT2D eigenvalue weighted by Crippen LogP contribution is 2.29. The smallest absolute Gasteiger partial charge is 0.191 e. The van der Waals surface area contributed by atoms with Crippen molar-refractivity contribution >= 4 is 38.5 Å². The Morgan fingerprint density at radius 1 is 1.27 bits per heavy atom. The Bertz CT molecular complexity index is 532. The van der Waals surface area contributed by atoms with Crippen molar-refractivity contribution in [2.45, 2.75) is 0 Å². The molecule has 76 valence electrons. The minimum absolute atomic E-state index is 0.0317. The van der Waals surface area contributed by atoms with Crippen molar-refractivity contribution in [3.05, 3.63) is 34.9 Å². The SMILES string of the molecule is NC(N)=Nc1ccc(Br)c2cccnc12. The van der Waals surface area contributed by atoms with Crippen LogP contribution in [-0.2, 0) is 0 Å². The maximum Gasteiger partial charge on any atom is 0.191 e. The lowest BCUT2D eigenvalue weighted by Gasteiger charge is -2.03. The van der Waals surface area contributed by atoms with Crippen LogP contribution in [0.25, 0.3) is 10.9 Å². The number of nitrogens with two attached hydrogens (primary N) is 2. The summed E-state index contributed by atoms with van der Waals surface area (Å²) in [6.45, 7) is 0. The molecule has 5 heteroatoms. The van der Waals surface area contributed by atoms with Crippen molar-refractivity contribution < 1.29 is 0 Å². The van der Waals surface area contributed by atoms with E-state index in [1.165, 1.54) is 0 Å². The summed E-state index contributed by atoms with van der Waals surface area (Å²) in [6, 6.07) is 7.54. The molecule has 2 aromatic rings. The number of fused-ring (bicyclic) bond motifs is 1. The van der Waals surface area contributed by atoms with Crippen molar-refractivity contribution in [3.8, 4) is 0 Å². The third-order valence-corrected chi connectivity index (χ3v) is 2.64. The fourth-order valence-corrected chi connectivity index (χ4v) is 1.80. The zero-order valence-electron chi connectivity index (χ0n) is 7.81. The molecule has 0 amide bonds. The number of benzene rings is 1. The van der Waals surface area contributed by atoms with Crippen molar-refractivity contribution in [2.24, 2.45) is 16.5 Å². The Morgan fingerprint density at radius 3 is 2.80 bits per heavy atom. The van der Waals surface area contributed by atoms with Crippen LogP contribution < -0.4 is 11.5 Å². The van der Waals surface area contributed by atoms with Crippen molar-refractivity contribution in [2.75, 3.05) is 0 Å². The third-order valence-electron chi connectivity index (χ3n) is 1.94. The first-order valence-electron chi connectivity index (χ1n) is 4.31. The summed E-state index contributed by atoms with van der Waals surface area (Å²) in [4.78, 5) is 8.26. The Hall–Kier alpha value is -1.62. The Balaban J connectivity index is 2.77. The molecule has 4 N–H and O–H groups in total. The summed E-state index contributed by atoms with van der Waals surface area (Å²) in [5.74, 6) is 0.0317. The second kappa shape index (κ2) is 3.86. The lowest BCUT2D eigenvalue weighted by Crippen LogP contribution is -2.21. The van der Waals surface area contributed by atoms with Gasteiger partial charge in [-0.05, 0) is 18.2 Å². The lowest BCUT2D eigenvalue weighted by molar-refractivity contribution is 1.37. The summed E-state index contributed by atoms with van der Waals surface area (Å²) in [5, 5.41) is 0.986. The van der Waals surface area contributed by atoms with Crippen molar-refractivity contribution in [1.29, 1.82) is 0 Å². The molecule has 1 heterocycles. The lowest BCUT2D eigenvalue weighted by atomic mass is 10.2. The fourth-order valence-electron chi connectivity index (χ4n) is 1.35. The van der Waals surface area contributed by atoms with Gasteiger partial charge < -0.3 is 11.5 Å². The van der Waals surface area contributed by atoms with Crippen molar-refractivity contribution in [1.82, 2.24) is 4.98 Å². The molecule has 0 saturated carbocycles. The molecule has 0 bridgehead atoms. The normalized spacial score (nSPS) is 10.2. The molecule has 0 fully saturated rings. The predicted molar refractivity (Wildman–Crippen MR) is 64.9 cm³/mol. The van der Waals surface area contributed by atoms with Gasteiger partial charge in [-0.25, -0.2) is 4.99 Å². The zero-order valence-corrected chi connectivity index (χ0v) is 9.40. The topological polar surface area (TPSA) is 77.3 Å². The Morgan fingerprint density at radius 2 is 2.07 bits per heavy atom. The van der Waals surface area contributed by atoms with Gasteiger partial charge in [0, 0.05) is 16.1 Å². The molecule has 0 aliphatic heterocycles. The van der Waals surface area contributed by atoms with Crippen LogP contribution in [0.5, 0.6) is 0 Å². The number of rotatable bonds is 1. The molecule has 2 rings (SSSR count). The van der Waals surface area contributed by atoms with Crippen LogP contribution >= 0.6 is 15.9 Å². The van der Waals surface area contributed by atoms with E-state index >= 15 is 0 Å². The van der Waals surface area contributed by atoms with E-state index < -0.39 is 0 Å². The number of nitrogens with zero attached hydrogens (tertiary/aromatic N) is 2. The van der Waals surface area contributed by atoms with Gasteiger partial charge in [0.1, 0.15) is 0 Å². The van der Waals surface area contributed by atoms with Gasteiger partial charge in [0.05, 0.1) is 11.2 Å². The van der Waals surface area contributed by atoms with Gasteiger partial charge in [-0.2, -0.15) is 0 Å². The van der Waals surface area contributed by atoms with Gasteiger partial charge in [-0.3, -0.25) is 4.98 Å². The van der Waals surface area contributed by atoms with Gasteiger partial charge in [0.25, 0.3) is 0 Å². The van der Waals surface area contributed by atoms with Crippen LogP contribution in [0.4, 0.5) is 5.69 Å². The van der Waals surface area contributed by atoms with Crippen LogP contribution in [0.2, 0.25) is 0 Å². The molecule has 15 heavy (non-hydrogen) atoms. The van der Waals surface area contributed by atoms with E-state index in [9.17, 15) is 0 Å². The van der Waals surface area contributed by atoms with E-state index in [1.54, 1.807) is 6.20 Å². The van der Waals surface area contributed by atoms with E-state index in [0.717, 1.165) is 15.4 Å². The highest BCUT2D eigenvalue weighted by Gasteiger charge is 2.04. The first-order valence-corrected chi connectivity index (χ1v) is 5.10. The van der Waals surface area contributed by atoms with E-state index in [2.05, 4.69) is 25.9 Å². The van der Waals surface area contributed by atoms with Gasteiger partial charge in [0.15, 0.2) is 5.96 Å². The van der Waals surface area contributed by atoms with E-state index in [0.29, 0.717) is 5.69 Å². The number of hydrogen-bond donors (Lipinski definition) is 2. The first-order chi connectivity index (χ1) is 7.18. The van der Waals surface area contributed by atoms with Gasteiger partial charge in [-0.15, -0.1) is 0 Å². The summed E-state index contributed by atoms with van der Waals surface area (Å²) < 4.78 is 0.972. The molecular formula is C10H9BrN4. The van der Waals surface area contributed by atoms with E-state index in [4.69, 9.17) is 11.5 Å². The van der Waals surface area contributed by atoms with Crippen LogP contribution in [0.15, 0.2) is 39.9 Å². The summed E-state index contributed by atoms with van der Waals surface area (Å²) >= 11 is 3.45. The van der Waals surface area contributed by atoms with Crippen LogP contribution in [-0.4, -0.2) is 10.9 Å². The number of aliphatic imine (C=N–C) groups is 1. The standard InChI is InChI=1S/C10H9BrN4/c11-7-3-4-8(15-10(12)13)9-6(7)2-1-5-14-9/h1-5H,(H4,12,13,15). The van der Waals surface area contributed by atoms with Crippen LogP contribution in [0, 0.1) is 0 Å². The third kappa shape index (κ3) is 1.92. The van der Waals surface area contributed by atoms with Gasteiger partial charge >= 0.3 is 0 Å². The number of pyridine rings is 1. The maximum atomic E-state index is 5.34. The summed E-state index contributed by atoms with van der Waals surface area (Å²) in [7, 11) is 0. The van der Waals surface area contributed by atoms with E-state index in [1.807, 2.05) is 24.3 Å². The quantitative estimate of drug-likeness (QED) is 0.610. The van der Waals surface area contributed by atoms with Crippen LogP contribution in [0.1, 0.15) is 0 Å². The second-order valence-corrected chi connectivity index (χ2v) is 3.86. The molecule has 0 saturated heterocycles. The van der Waals surface area contributed by atoms with Crippen LogP contribution in [0.3, 0.4) is 0 Å². The Kier molecular flexibility index (Phi) is 2.55. The highest BCUT2D eigenvalue weighted by atomic mass is 79.9. The highest BCUT2D eigenvalue weighted by molar-refractivity contribution is 9.10. The maximum absolute atomic E-state index is 5.34. The average Bonchev–Trinajstić information content (AvgIpc) is 2.22. The molecule has 0 spiro atoms. The average molecular weight is 265 g/mol. The summed E-state index contributed by atoms with van der Waals surface area (Å²) in [5.41, 5.74) is 12.1. The predicted octanol–water partition coefficient (Wildman–Crippen LogP) is 1.90. The molecular weight excluding hydrogens is 256 g/mol. The van der Waals surface area contributed by atoms with Gasteiger partial charge in [-0.1, -0.05) is 22.0 Å². The van der Waals surface area contributed by atoms with Crippen molar-refractivity contribution in [3.63, 3.8) is 0 Å². The Labute approximate surface area is 95.1 Å². The monoisotopic (exact) mass is 264 g/mol. The second-order valence-electron chi connectivity index (χ2n) is 3.00. The van der Waals surface area contributed by atoms with E-state index in [-0.39, 0.29) is 5.96 Å². The molecule has 0 atom stereocenters. The molecule has 1 aromatic carbocycles.